The van der Waals surface area contributed by atoms with Gasteiger partial charge in [-0.05, 0) is 30.7 Å². The third kappa shape index (κ3) is 4.08. The van der Waals surface area contributed by atoms with Gasteiger partial charge in [-0.2, -0.15) is 0 Å². The van der Waals surface area contributed by atoms with E-state index in [2.05, 4.69) is 5.32 Å². The van der Waals surface area contributed by atoms with Crippen LogP contribution in [-0.4, -0.2) is 49.1 Å². The van der Waals surface area contributed by atoms with Crippen molar-refractivity contribution in [2.45, 2.75) is 31.7 Å². The predicted octanol–water partition coefficient (Wildman–Crippen LogP) is 1.90. The first-order chi connectivity index (χ1) is 10.7. The number of ether oxygens (including phenoxy) is 1. The van der Waals surface area contributed by atoms with Crippen molar-refractivity contribution < 1.29 is 14.3 Å². The second-order valence-corrected chi connectivity index (χ2v) is 6.94. The highest BCUT2D eigenvalue weighted by Gasteiger charge is 2.34. The topological polar surface area (TPSA) is 58.6 Å². The Morgan fingerprint density at radius 1 is 1.36 bits per heavy atom. The van der Waals surface area contributed by atoms with Crippen LogP contribution in [0.3, 0.4) is 0 Å². The summed E-state index contributed by atoms with van der Waals surface area (Å²) >= 11 is 1.41. The van der Waals surface area contributed by atoms with Crippen molar-refractivity contribution in [3.8, 4) is 0 Å². The summed E-state index contributed by atoms with van der Waals surface area (Å²) in [5.41, 5.74) is 0. The van der Waals surface area contributed by atoms with Gasteiger partial charge >= 0.3 is 0 Å². The lowest BCUT2D eigenvalue weighted by atomic mass is 10.1. The summed E-state index contributed by atoms with van der Waals surface area (Å²) in [5.74, 6) is 0.538. The fraction of sp³-hybridized carbons (Fsp3) is 0.625. The van der Waals surface area contributed by atoms with Crippen LogP contribution in [0, 0.1) is 5.92 Å². The fourth-order valence-corrected chi connectivity index (χ4v) is 3.41. The van der Waals surface area contributed by atoms with E-state index in [9.17, 15) is 9.59 Å². The molecule has 5 nitrogen and oxygen atoms in total. The van der Waals surface area contributed by atoms with Crippen molar-refractivity contribution in [3.63, 3.8) is 0 Å². The Bertz CT molecular complexity index is 507. The SMILES string of the molecule is O=C(NCCC(=O)N(CC1CCOC1)C1CC1)c1cccs1. The molecule has 1 saturated heterocycles. The molecule has 1 saturated carbocycles. The van der Waals surface area contributed by atoms with Crippen LogP contribution in [0.2, 0.25) is 0 Å². The molecule has 1 aromatic heterocycles. The van der Waals surface area contributed by atoms with Crippen molar-refractivity contribution in [1.82, 2.24) is 10.2 Å². The van der Waals surface area contributed by atoms with Gasteiger partial charge in [-0.1, -0.05) is 6.07 Å². The lowest BCUT2D eigenvalue weighted by molar-refractivity contribution is -0.132. The Kier molecular flexibility index (Phi) is 5.10. The Morgan fingerprint density at radius 2 is 2.23 bits per heavy atom. The number of thiophene rings is 1. The van der Waals surface area contributed by atoms with E-state index in [0.717, 1.165) is 39.0 Å². The summed E-state index contributed by atoms with van der Waals surface area (Å²) in [5, 5.41) is 4.70. The van der Waals surface area contributed by atoms with Crippen molar-refractivity contribution in [1.29, 1.82) is 0 Å². The van der Waals surface area contributed by atoms with Gasteiger partial charge < -0.3 is 15.0 Å². The number of nitrogens with one attached hydrogen (secondary N) is 1. The molecule has 0 spiro atoms. The monoisotopic (exact) mass is 322 g/mol. The summed E-state index contributed by atoms with van der Waals surface area (Å²) in [4.78, 5) is 27.0. The van der Waals surface area contributed by atoms with Crippen LogP contribution < -0.4 is 5.32 Å². The first-order valence-electron chi connectivity index (χ1n) is 7.93. The summed E-state index contributed by atoms with van der Waals surface area (Å²) in [6.45, 7) is 2.79. The smallest absolute Gasteiger partial charge is 0.261 e. The average Bonchev–Trinajstić information content (AvgIpc) is 3.02. The van der Waals surface area contributed by atoms with Gasteiger partial charge in [0.2, 0.25) is 5.91 Å². The van der Waals surface area contributed by atoms with Crippen LogP contribution in [0.5, 0.6) is 0 Å². The molecule has 2 amide bonds. The van der Waals surface area contributed by atoms with Crippen molar-refractivity contribution in [2.24, 2.45) is 5.92 Å². The molecule has 1 aromatic rings. The van der Waals surface area contributed by atoms with Crippen LogP contribution in [0.4, 0.5) is 0 Å². The summed E-state index contributed by atoms with van der Waals surface area (Å²) in [7, 11) is 0. The molecule has 2 fully saturated rings. The molecule has 0 radical (unpaired) electrons. The summed E-state index contributed by atoms with van der Waals surface area (Å²) in [6, 6.07) is 4.06. The molecular weight excluding hydrogens is 300 g/mol. The van der Waals surface area contributed by atoms with E-state index in [-0.39, 0.29) is 11.8 Å². The second-order valence-electron chi connectivity index (χ2n) is 5.99. The zero-order chi connectivity index (χ0) is 15.4. The Labute approximate surface area is 134 Å². The molecule has 3 rings (SSSR count). The molecule has 1 atom stereocenters. The molecule has 1 unspecified atom stereocenters. The number of carbonyl (C=O) groups is 2. The van der Waals surface area contributed by atoms with E-state index in [1.54, 1.807) is 6.07 Å². The standard InChI is InChI=1S/C16H22N2O3S/c19-15(5-7-17-16(20)14-2-1-9-22-14)18(13-3-4-13)10-12-6-8-21-11-12/h1-2,9,12-13H,3-8,10-11H2,(H,17,20). The Balaban J connectivity index is 1.43. The number of carbonyl (C=O) groups excluding carboxylic acids is 2. The average molecular weight is 322 g/mol. The van der Waals surface area contributed by atoms with E-state index in [4.69, 9.17) is 4.74 Å². The molecule has 120 valence electrons. The molecule has 22 heavy (non-hydrogen) atoms. The predicted molar refractivity (Wildman–Crippen MR) is 84.9 cm³/mol. The first-order valence-corrected chi connectivity index (χ1v) is 8.81. The van der Waals surface area contributed by atoms with Crippen LogP contribution in [0.15, 0.2) is 17.5 Å². The Morgan fingerprint density at radius 3 is 2.86 bits per heavy atom. The van der Waals surface area contributed by atoms with Gasteiger partial charge in [0.25, 0.3) is 5.91 Å². The van der Waals surface area contributed by atoms with E-state index < -0.39 is 0 Å². The summed E-state index contributed by atoms with van der Waals surface area (Å²) < 4.78 is 5.40. The molecule has 1 aliphatic heterocycles. The van der Waals surface area contributed by atoms with Crippen LogP contribution >= 0.6 is 11.3 Å². The van der Waals surface area contributed by atoms with E-state index in [0.29, 0.717) is 29.8 Å². The number of hydrogen-bond acceptors (Lipinski definition) is 4. The highest BCUT2D eigenvalue weighted by atomic mass is 32.1. The third-order valence-corrected chi connectivity index (χ3v) is 5.02. The van der Waals surface area contributed by atoms with Crippen LogP contribution in [-0.2, 0) is 9.53 Å². The molecule has 0 aromatic carbocycles. The van der Waals surface area contributed by atoms with Gasteiger partial charge in [0, 0.05) is 38.1 Å². The van der Waals surface area contributed by atoms with Crippen molar-refractivity contribution in [3.05, 3.63) is 22.4 Å². The molecule has 2 aliphatic rings. The Hall–Kier alpha value is -1.40. The largest absolute Gasteiger partial charge is 0.381 e. The molecular formula is C16H22N2O3S. The normalized spacial score (nSPS) is 20.8. The zero-order valence-electron chi connectivity index (χ0n) is 12.6. The number of nitrogens with zero attached hydrogens (tertiary/aromatic N) is 1. The molecule has 6 heteroatoms. The van der Waals surface area contributed by atoms with Gasteiger partial charge in [-0.3, -0.25) is 9.59 Å². The van der Waals surface area contributed by atoms with Crippen molar-refractivity contribution in [2.75, 3.05) is 26.3 Å². The summed E-state index contributed by atoms with van der Waals surface area (Å²) in [6.07, 6.45) is 3.65. The van der Waals surface area contributed by atoms with Gasteiger partial charge in [-0.25, -0.2) is 0 Å². The van der Waals surface area contributed by atoms with Gasteiger partial charge in [0.1, 0.15) is 0 Å². The van der Waals surface area contributed by atoms with Gasteiger partial charge in [0.05, 0.1) is 11.5 Å². The molecule has 1 N–H and O–H groups in total. The lowest BCUT2D eigenvalue weighted by Crippen LogP contribution is -2.39. The minimum Gasteiger partial charge on any atom is -0.381 e. The third-order valence-electron chi connectivity index (χ3n) is 4.16. The molecule has 1 aliphatic carbocycles. The minimum atomic E-state index is -0.0926. The van der Waals surface area contributed by atoms with Crippen molar-refractivity contribution >= 4 is 23.2 Å². The number of hydrogen-bond donors (Lipinski definition) is 1. The van der Waals surface area contributed by atoms with Gasteiger partial charge in [-0.15, -0.1) is 11.3 Å². The molecule has 0 bridgehead atoms. The van der Waals surface area contributed by atoms with E-state index in [1.807, 2.05) is 16.3 Å². The highest BCUT2D eigenvalue weighted by molar-refractivity contribution is 7.12. The number of amides is 2. The maximum absolute atomic E-state index is 12.4. The molecule has 2 heterocycles. The zero-order valence-corrected chi connectivity index (χ0v) is 13.4. The minimum absolute atomic E-state index is 0.0926. The fourth-order valence-electron chi connectivity index (χ4n) is 2.77. The number of rotatable bonds is 7. The quantitative estimate of drug-likeness (QED) is 0.834. The first kappa shape index (κ1) is 15.5. The van der Waals surface area contributed by atoms with Gasteiger partial charge in [0.15, 0.2) is 0 Å². The van der Waals surface area contributed by atoms with Crippen LogP contribution in [0.1, 0.15) is 35.4 Å². The van der Waals surface area contributed by atoms with Crippen LogP contribution in [0.25, 0.3) is 0 Å². The second kappa shape index (κ2) is 7.24. The maximum Gasteiger partial charge on any atom is 0.261 e. The van der Waals surface area contributed by atoms with E-state index in [1.165, 1.54) is 11.3 Å². The maximum atomic E-state index is 12.4. The van der Waals surface area contributed by atoms with E-state index >= 15 is 0 Å². The lowest BCUT2D eigenvalue weighted by Gasteiger charge is -2.25. The highest BCUT2D eigenvalue weighted by Crippen LogP contribution is 2.29.